The van der Waals surface area contributed by atoms with E-state index >= 15 is 0 Å². The van der Waals surface area contributed by atoms with Gasteiger partial charge < -0.3 is 9.47 Å². The normalized spacial score (nSPS) is 21.8. The fourth-order valence-electron chi connectivity index (χ4n) is 1.28. The predicted molar refractivity (Wildman–Crippen MR) is 43.9 cm³/mol. The van der Waals surface area contributed by atoms with E-state index in [4.69, 9.17) is 4.74 Å². The van der Waals surface area contributed by atoms with E-state index in [0.29, 0.717) is 13.2 Å². The highest BCUT2D eigenvalue weighted by molar-refractivity contribution is 5.75. The van der Waals surface area contributed by atoms with E-state index in [-0.39, 0.29) is 12.0 Å². The van der Waals surface area contributed by atoms with Crippen LogP contribution < -0.4 is 0 Å². The maximum absolute atomic E-state index is 11.1. The zero-order valence-corrected chi connectivity index (χ0v) is 7.58. The molecule has 12 heavy (non-hydrogen) atoms. The molecule has 0 saturated carbocycles. The molecule has 1 saturated heterocycles. The molecule has 1 heterocycles. The van der Waals surface area contributed by atoms with Crippen molar-refractivity contribution in [1.29, 1.82) is 0 Å². The smallest absolute Gasteiger partial charge is 0.322 e. The van der Waals surface area contributed by atoms with Gasteiger partial charge in [-0.05, 0) is 6.92 Å². The molecule has 0 radical (unpaired) electrons. The zero-order chi connectivity index (χ0) is 8.97. The highest BCUT2D eigenvalue weighted by atomic mass is 16.5. The number of carbonyl (C=O) groups excluding carboxylic acids is 1. The summed E-state index contributed by atoms with van der Waals surface area (Å²) < 4.78 is 9.81. The molecule has 0 amide bonds. The van der Waals surface area contributed by atoms with Crippen LogP contribution in [-0.4, -0.2) is 50.3 Å². The van der Waals surface area contributed by atoms with Gasteiger partial charge in [0.25, 0.3) is 0 Å². The largest absolute Gasteiger partial charge is 0.468 e. The van der Waals surface area contributed by atoms with Gasteiger partial charge in [0.1, 0.15) is 6.04 Å². The Morgan fingerprint density at radius 2 is 2.08 bits per heavy atom. The average Bonchev–Trinajstić information content (AvgIpc) is 2.17. The number of rotatable bonds is 2. The van der Waals surface area contributed by atoms with Gasteiger partial charge in [0, 0.05) is 13.1 Å². The van der Waals surface area contributed by atoms with Crippen molar-refractivity contribution in [3.05, 3.63) is 0 Å². The van der Waals surface area contributed by atoms with Crippen molar-refractivity contribution in [2.45, 2.75) is 13.0 Å². The molecule has 0 aromatic carbocycles. The van der Waals surface area contributed by atoms with Gasteiger partial charge >= 0.3 is 5.97 Å². The van der Waals surface area contributed by atoms with Crippen LogP contribution in [0.15, 0.2) is 0 Å². The van der Waals surface area contributed by atoms with Gasteiger partial charge in [0.05, 0.1) is 20.3 Å². The van der Waals surface area contributed by atoms with Gasteiger partial charge in [-0.3, -0.25) is 9.69 Å². The number of methoxy groups -OCH3 is 1. The lowest BCUT2D eigenvalue weighted by molar-refractivity contribution is -0.147. The van der Waals surface area contributed by atoms with Crippen LogP contribution in [0, 0.1) is 0 Å². The number of esters is 1. The second kappa shape index (κ2) is 4.42. The lowest BCUT2D eigenvalue weighted by Crippen LogP contribution is -2.46. The third-order valence-corrected chi connectivity index (χ3v) is 2.14. The molecule has 1 aliphatic heterocycles. The molecule has 0 aromatic heterocycles. The van der Waals surface area contributed by atoms with Crippen molar-refractivity contribution in [2.75, 3.05) is 33.4 Å². The molecule has 1 atom stereocenters. The van der Waals surface area contributed by atoms with Gasteiger partial charge in [0.15, 0.2) is 0 Å². The first-order chi connectivity index (χ1) is 5.75. The van der Waals surface area contributed by atoms with Crippen LogP contribution in [-0.2, 0) is 14.3 Å². The Morgan fingerprint density at radius 3 is 2.58 bits per heavy atom. The molecule has 1 aliphatic rings. The molecule has 1 rings (SSSR count). The van der Waals surface area contributed by atoms with Crippen LogP contribution in [0.2, 0.25) is 0 Å². The Bertz CT molecular complexity index is 154. The Balaban J connectivity index is 2.39. The minimum atomic E-state index is -0.170. The highest BCUT2D eigenvalue weighted by Gasteiger charge is 2.23. The summed E-state index contributed by atoms with van der Waals surface area (Å²) in [6, 6.07) is -0.140. The van der Waals surface area contributed by atoms with E-state index in [2.05, 4.69) is 9.64 Å². The SMILES string of the molecule is COC(=O)[C@H](C)N1CCOCC1. The van der Waals surface area contributed by atoms with Gasteiger partial charge in [-0.2, -0.15) is 0 Å². The van der Waals surface area contributed by atoms with E-state index < -0.39 is 0 Å². The van der Waals surface area contributed by atoms with Crippen LogP contribution in [0.5, 0.6) is 0 Å². The Kier molecular flexibility index (Phi) is 3.49. The zero-order valence-electron chi connectivity index (χ0n) is 7.58. The van der Waals surface area contributed by atoms with E-state index in [1.807, 2.05) is 6.92 Å². The summed E-state index contributed by atoms with van der Waals surface area (Å²) in [5, 5.41) is 0. The van der Waals surface area contributed by atoms with Crippen molar-refractivity contribution >= 4 is 5.97 Å². The Morgan fingerprint density at radius 1 is 1.50 bits per heavy atom. The summed E-state index contributed by atoms with van der Waals surface area (Å²) in [5.41, 5.74) is 0. The molecule has 0 N–H and O–H groups in total. The molecule has 4 nitrogen and oxygen atoms in total. The van der Waals surface area contributed by atoms with E-state index in [9.17, 15) is 4.79 Å². The van der Waals surface area contributed by atoms with Crippen LogP contribution in [0.25, 0.3) is 0 Å². The minimum absolute atomic E-state index is 0.140. The molecule has 0 aliphatic carbocycles. The average molecular weight is 173 g/mol. The predicted octanol–water partition coefficient (Wildman–Crippen LogP) is -0.120. The third-order valence-electron chi connectivity index (χ3n) is 2.14. The molecule has 0 aromatic rings. The first-order valence-electron chi connectivity index (χ1n) is 4.15. The molecule has 1 fully saturated rings. The standard InChI is InChI=1S/C8H15NO3/c1-7(8(10)11-2)9-3-5-12-6-4-9/h7H,3-6H2,1-2H3/t7-/m0/s1. The molecule has 0 spiro atoms. The van der Waals surface area contributed by atoms with Crippen LogP contribution in [0.4, 0.5) is 0 Å². The first-order valence-corrected chi connectivity index (χ1v) is 4.15. The number of hydrogen-bond donors (Lipinski definition) is 0. The molecular formula is C8H15NO3. The van der Waals surface area contributed by atoms with Crippen molar-refractivity contribution in [2.24, 2.45) is 0 Å². The topological polar surface area (TPSA) is 38.8 Å². The maximum atomic E-state index is 11.1. The molecule has 70 valence electrons. The van der Waals surface area contributed by atoms with Crippen LogP contribution in [0.1, 0.15) is 6.92 Å². The summed E-state index contributed by atoms with van der Waals surface area (Å²) in [4.78, 5) is 13.2. The molecular weight excluding hydrogens is 158 g/mol. The molecule has 0 bridgehead atoms. The summed E-state index contributed by atoms with van der Waals surface area (Å²) in [6.45, 7) is 4.91. The van der Waals surface area contributed by atoms with E-state index in [1.54, 1.807) is 0 Å². The summed E-state index contributed by atoms with van der Waals surface area (Å²) in [7, 11) is 1.42. The number of morpholine rings is 1. The molecule has 0 unspecified atom stereocenters. The van der Waals surface area contributed by atoms with Gasteiger partial charge in [-0.25, -0.2) is 0 Å². The van der Waals surface area contributed by atoms with Crippen molar-refractivity contribution in [3.8, 4) is 0 Å². The van der Waals surface area contributed by atoms with E-state index in [0.717, 1.165) is 13.1 Å². The Hall–Kier alpha value is -0.610. The first kappa shape index (κ1) is 9.48. The number of nitrogens with zero attached hydrogens (tertiary/aromatic N) is 1. The number of carbonyl (C=O) groups is 1. The summed E-state index contributed by atoms with van der Waals surface area (Å²) in [6.07, 6.45) is 0. The fourth-order valence-corrected chi connectivity index (χ4v) is 1.28. The van der Waals surface area contributed by atoms with Crippen molar-refractivity contribution < 1.29 is 14.3 Å². The lowest BCUT2D eigenvalue weighted by Gasteiger charge is -2.30. The van der Waals surface area contributed by atoms with Crippen molar-refractivity contribution in [1.82, 2.24) is 4.90 Å². The lowest BCUT2D eigenvalue weighted by atomic mass is 10.2. The summed E-state index contributed by atoms with van der Waals surface area (Å²) in [5.74, 6) is -0.170. The minimum Gasteiger partial charge on any atom is -0.468 e. The Labute approximate surface area is 72.4 Å². The quantitative estimate of drug-likeness (QED) is 0.546. The van der Waals surface area contributed by atoms with Gasteiger partial charge in [-0.15, -0.1) is 0 Å². The number of hydrogen-bond acceptors (Lipinski definition) is 4. The third kappa shape index (κ3) is 2.19. The maximum Gasteiger partial charge on any atom is 0.322 e. The molecule has 4 heteroatoms. The second-order valence-corrected chi connectivity index (χ2v) is 2.85. The highest BCUT2D eigenvalue weighted by Crippen LogP contribution is 2.04. The fraction of sp³-hybridized carbons (Fsp3) is 0.875. The second-order valence-electron chi connectivity index (χ2n) is 2.85. The van der Waals surface area contributed by atoms with Crippen LogP contribution in [0.3, 0.4) is 0 Å². The summed E-state index contributed by atoms with van der Waals surface area (Å²) >= 11 is 0. The van der Waals surface area contributed by atoms with Gasteiger partial charge in [0.2, 0.25) is 0 Å². The van der Waals surface area contributed by atoms with Crippen molar-refractivity contribution in [3.63, 3.8) is 0 Å². The number of ether oxygens (including phenoxy) is 2. The monoisotopic (exact) mass is 173 g/mol. The van der Waals surface area contributed by atoms with Crippen LogP contribution >= 0.6 is 0 Å². The van der Waals surface area contributed by atoms with E-state index in [1.165, 1.54) is 7.11 Å². The van der Waals surface area contributed by atoms with Gasteiger partial charge in [-0.1, -0.05) is 0 Å².